The smallest absolute Gasteiger partial charge is 0.0461 e. The summed E-state index contributed by atoms with van der Waals surface area (Å²) >= 11 is 0. The second-order valence-electron chi connectivity index (χ2n) is 4.74. The van der Waals surface area contributed by atoms with Crippen molar-refractivity contribution in [3.63, 3.8) is 0 Å². The van der Waals surface area contributed by atoms with Crippen molar-refractivity contribution in [1.82, 2.24) is 0 Å². The number of ether oxygens (including phenoxy) is 2. The maximum Gasteiger partial charge on any atom is 0.0461 e. The van der Waals surface area contributed by atoms with Crippen molar-refractivity contribution in [2.45, 2.75) is 49.9 Å². The van der Waals surface area contributed by atoms with E-state index in [0.717, 1.165) is 24.3 Å². The molecule has 16 heavy (non-hydrogen) atoms. The summed E-state index contributed by atoms with van der Waals surface area (Å²) in [4.78, 5) is 0. The highest BCUT2D eigenvalue weighted by Crippen LogP contribution is 2.15. The van der Waals surface area contributed by atoms with E-state index in [0.29, 0.717) is 0 Å². The third-order valence-electron chi connectivity index (χ3n) is 3.43. The zero-order valence-electron chi connectivity index (χ0n) is 11.6. The molecule has 0 amide bonds. The molecule has 0 aliphatic heterocycles. The van der Waals surface area contributed by atoms with Crippen LogP contribution in [0, 0.1) is 0 Å². The predicted molar refractivity (Wildman–Crippen MR) is 78.5 cm³/mol. The Balaban J connectivity index is 3.48. The second kappa shape index (κ2) is 11.8. The Morgan fingerprint density at radius 1 is 0.812 bits per heavy atom. The zero-order chi connectivity index (χ0) is 12.2. The van der Waals surface area contributed by atoms with E-state index in [9.17, 15) is 0 Å². The molecule has 0 aliphatic carbocycles. The van der Waals surface area contributed by atoms with Crippen LogP contribution in [-0.4, -0.2) is 46.5 Å². The Hall–Kier alpha value is 0.354. The summed E-state index contributed by atoms with van der Waals surface area (Å²) < 4.78 is 10.5. The summed E-state index contributed by atoms with van der Waals surface area (Å²) in [7, 11) is 3.90. The van der Waals surface area contributed by atoms with E-state index in [1.807, 2.05) is 14.2 Å². The molecule has 0 aromatic heterocycles. The monoisotopic (exact) mass is 262 g/mol. The minimum Gasteiger partial charge on any atom is -0.385 e. The predicted octanol–water partition coefficient (Wildman–Crippen LogP) is 1.85. The Kier molecular flexibility index (Phi) is 12.1. The van der Waals surface area contributed by atoms with Gasteiger partial charge in [-0.1, -0.05) is 38.8 Å². The SMILES string of the molecule is CCC(COC)[SiH2]CC[SiH2]C(CC)COC. The molecule has 0 aromatic rings. The molecular weight excluding hydrogens is 232 g/mol. The van der Waals surface area contributed by atoms with Crippen LogP contribution in [-0.2, 0) is 9.47 Å². The molecule has 2 nitrogen and oxygen atoms in total. The van der Waals surface area contributed by atoms with Crippen LogP contribution in [0.2, 0.25) is 23.2 Å². The summed E-state index contributed by atoms with van der Waals surface area (Å²) in [5.41, 5.74) is 1.84. The molecule has 2 unspecified atom stereocenters. The van der Waals surface area contributed by atoms with Crippen LogP contribution in [0.25, 0.3) is 0 Å². The van der Waals surface area contributed by atoms with Gasteiger partial charge in [0.25, 0.3) is 0 Å². The molecule has 0 bridgehead atoms. The standard InChI is InChI=1S/C12H30O2Si2/c1-5-11(9-13-3)15-7-8-16-12(6-2)10-14-4/h11-12H,5-10,15-16H2,1-4H3. The van der Waals surface area contributed by atoms with E-state index < -0.39 is 0 Å². The van der Waals surface area contributed by atoms with Crippen molar-refractivity contribution >= 4 is 19.0 Å². The average molecular weight is 263 g/mol. The first-order chi connectivity index (χ1) is 7.78. The largest absolute Gasteiger partial charge is 0.385 e. The lowest BCUT2D eigenvalue weighted by Gasteiger charge is -2.15. The minimum atomic E-state index is 0.119. The van der Waals surface area contributed by atoms with Gasteiger partial charge in [-0.15, -0.1) is 0 Å². The van der Waals surface area contributed by atoms with Crippen molar-refractivity contribution in [3.8, 4) is 0 Å². The van der Waals surface area contributed by atoms with Gasteiger partial charge in [-0.25, -0.2) is 0 Å². The fourth-order valence-electron chi connectivity index (χ4n) is 2.15. The Labute approximate surface area is 106 Å². The van der Waals surface area contributed by atoms with Crippen LogP contribution >= 0.6 is 0 Å². The summed E-state index contributed by atoms with van der Waals surface area (Å²) in [6, 6.07) is 3.07. The lowest BCUT2D eigenvalue weighted by Crippen LogP contribution is -2.12. The third-order valence-corrected chi connectivity index (χ3v) is 9.51. The molecule has 0 saturated heterocycles. The number of rotatable bonds is 11. The quantitative estimate of drug-likeness (QED) is 0.418. The molecule has 2 atom stereocenters. The van der Waals surface area contributed by atoms with Gasteiger partial charge in [-0.3, -0.25) is 0 Å². The van der Waals surface area contributed by atoms with Gasteiger partial charge in [0.1, 0.15) is 0 Å². The van der Waals surface area contributed by atoms with E-state index in [2.05, 4.69) is 13.8 Å². The summed E-state index contributed by atoms with van der Waals surface area (Å²) in [5.74, 6) is 0. The average Bonchev–Trinajstić information content (AvgIpc) is 2.31. The maximum atomic E-state index is 5.26. The molecule has 0 saturated carbocycles. The van der Waals surface area contributed by atoms with Gasteiger partial charge in [0.15, 0.2) is 0 Å². The summed E-state index contributed by atoms with van der Waals surface area (Å²) in [6.07, 6.45) is 2.63. The molecular formula is C12H30O2Si2. The van der Waals surface area contributed by atoms with Gasteiger partial charge >= 0.3 is 0 Å². The Morgan fingerprint density at radius 2 is 1.19 bits per heavy atom. The van der Waals surface area contributed by atoms with Crippen LogP contribution in [0.3, 0.4) is 0 Å². The van der Waals surface area contributed by atoms with E-state index in [1.54, 1.807) is 0 Å². The first-order valence-electron chi connectivity index (χ1n) is 6.76. The van der Waals surface area contributed by atoms with Gasteiger partial charge in [-0.2, -0.15) is 0 Å². The fourth-order valence-corrected chi connectivity index (χ4v) is 7.23. The topological polar surface area (TPSA) is 18.5 Å². The molecule has 0 aliphatic rings. The summed E-state index contributed by atoms with van der Waals surface area (Å²) in [6.45, 7) is 6.60. The third kappa shape index (κ3) is 8.50. The lowest BCUT2D eigenvalue weighted by molar-refractivity contribution is 0.193. The van der Waals surface area contributed by atoms with Gasteiger partial charge in [0.2, 0.25) is 0 Å². The molecule has 0 radical (unpaired) electrons. The molecule has 0 heterocycles. The second-order valence-corrected chi connectivity index (χ2v) is 9.62. The van der Waals surface area contributed by atoms with Gasteiger partial charge in [0, 0.05) is 46.5 Å². The molecule has 0 N–H and O–H groups in total. The highest BCUT2D eigenvalue weighted by molar-refractivity contribution is 6.44. The van der Waals surface area contributed by atoms with E-state index >= 15 is 0 Å². The van der Waals surface area contributed by atoms with Crippen LogP contribution < -0.4 is 0 Å². The van der Waals surface area contributed by atoms with E-state index in [1.165, 1.54) is 24.9 Å². The van der Waals surface area contributed by atoms with Gasteiger partial charge in [-0.05, 0) is 11.1 Å². The van der Waals surface area contributed by atoms with E-state index in [4.69, 9.17) is 9.47 Å². The van der Waals surface area contributed by atoms with Crippen molar-refractivity contribution in [1.29, 1.82) is 0 Å². The highest BCUT2D eigenvalue weighted by Gasteiger charge is 2.09. The van der Waals surface area contributed by atoms with Crippen molar-refractivity contribution in [2.75, 3.05) is 27.4 Å². The summed E-state index contributed by atoms with van der Waals surface area (Å²) in [5, 5.41) is 0. The molecule has 4 heteroatoms. The first-order valence-corrected chi connectivity index (χ1v) is 10.4. The minimum absolute atomic E-state index is 0.119. The maximum absolute atomic E-state index is 5.26. The molecule has 0 rings (SSSR count). The zero-order valence-corrected chi connectivity index (χ0v) is 14.5. The highest BCUT2D eigenvalue weighted by atomic mass is 28.2. The van der Waals surface area contributed by atoms with Crippen molar-refractivity contribution in [2.24, 2.45) is 0 Å². The van der Waals surface area contributed by atoms with Crippen LogP contribution in [0.5, 0.6) is 0 Å². The molecule has 98 valence electrons. The first kappa shape index (κ1) is 16.4. The van der Waals surface area contributed by atoms with Gasteiger partial charge < -0.3 is 9.47 Å². The van der Waals surface area contributed by atoms with E-state index in [-0.39, 0.29) is 19.0 Å². The molecule has 0 aromatic carbocycles. The van der Waals surface area contributed by atoms with Crippen LogP contribution in [0.4, 0.5) is 0 Å². The number of hydrogen-bond donors (Lipinski definition) is 0. The number of methoxy groups -OCH3 is 2. The molecule has 0 fully saturated rings. The van der Waals surface area contributed by atoms with Crippen molar-refractivity contribution < 1.29 is 9.47 Å². The number of hydrogen-bond acceptors (Lipinski definition) is 2. The Morgan fingerprint density at radius 3 is 1.44 bits per heavy atom. The molecule has 0 spiro atoms. The normalized spacial score (nSPS) is 16.5. The van der Waals surface area contributed by atoms with Gasteiger partial charge in [0.05, 0.1) is 0 Å². The lowest BCUT2D eigenvalue weighted by atomic mass is 10.3. The Bertz CT molecular complexity index is 129. The van der Waals surface area contributed by atoms with Crippen LogP contribution in [0.1, 0.15) is 26.7 Å². The van der Waals surface area contributed by atoms with Crippen LogP contribution in [0.15, 0.2) is 0 Å². The van der Waals surface area contributed by atoms with Crippen molar-refractivity contribution in [3.05, 3.63) is 0 Å². The fraction of sp³-hybridized carbons (Fsp3) is 1.00.